The minimum absolute atomic E-state index is 0.0981. The molecule has 0 saturated carbocycles. The molecule has 0 aliphatic carbocycles. The molecule has 2 aromatic carbocycles. The molecule has 1 atom stereocenters. The highest BCUT2D eigenvalue weighted by Crippen LogP contribution is 2.35. The topological polar surface area (TPSA) is 119 Å². The van der Waals surface area contributed by atoms with Crippen molar-refractivity contribution < 1.29 is 49.5 Å². The third-order valence-corrected chi connectivity index (χ3v) is 5.25. The maximum atomic E-state index is 12.6. The van der Waals surface area contributed by atoms with Gasteiger partial charge in [0.15, 0.2) is 0 Å². The molecule has 0 aromatic heterocycles. The number of hydrogen-bond donors (Lipinski definition) is 2. The van der Waals surface area contributed by atoms with Gasteiger partial charge in [-0.25, -0.2) is 8.42 Å². The Morgan fingerprint density at radius 2 is 1.65 bits per heavy atom. The Bertz CT molecular complexity index is 1050. The van der Waals surface area contributed by atoms with Crippen LogP contribution < -0.4 is 10.1 Å². The van der Waals surface area contributed by atoms with Crippen molar-refractivity contribution in [1.82, 2.24) is 0 Å². The predicted octanol–water partition coefficient (Wildman–Crippen LogP) is 3.93. The number of aliphatic hydroxyl groups is 1. The lowest BCUT2D eigenvalue weighted by atomic mass is 10.1. The van der Waals surface area contributed by atoms with Gasteiger partial charge in [0.2, 0.25) is 0 Å². The van der Waals surface area contributed by atoms with Crippen molar-refractivity contribution in [1.29, 1.82) is 0 Å². The van der Waals surface area contributed by atoms with Crippen molar-refractivity contribution in [3.63, 3.8) is 0 Å². The van der Waals surface area contributed by atoms with E-state index in [4.69, 9.17) is 0 Å². The number of sulfone groups is 1. The predicted molar refractivity (Wildman–Crippen MR) is 92.9 cm³/mol. The minimum Gasteiger partial charge on any atom is -0.406 e. The Labute approximate surface area is 170 Å². The van der Waals surface area contributed by atoms with Gasteiger partial charge in [0.25, 0.3) is 15.5 Å². The summed E-state index contributed by atoms with van der Waals surface area (Å²) in [6, 6.07) is 5.50. The van der Waals surface area contributed by atoms with Crippen LogP contribution in [0, 0.1) is 10.1 Å². The third-order valence-electron chi connectivity index (χ3n) is 3.77. The third kappa shape index (κ3) is 5.97. The molecule has 170 valence electrons. The Balaban J connectivity index is 2.18. The van der Waals surface area contributed by atoms with E-state index in [1.807, 2.05) is 0 Å². The van der Waals surface area contributed by atoms with E-state index in [1.54, 1.807) is 0 Å². The van der Waals surface area contributed by atoms with E-state index >= 15 is 0 Å². The Morgan fingerprint density at radius 3 is 2.13 bits per heavy atom. The molecule has 0 amide bonds. The van der Waals surface area contributed by atoms with Crippen molar-refractivity contribution in [2.75, 3.05) is 11.9 Å². The first-order valence-corrected chi connectivity index (χ1v) is 9.47. The second kappa shape index (κ2) is 8.58. The Morgan fingerprint density at radius 1 is 1.06 bits per heavy atom. The lowest BCUT2D eigenvalue weighted by Gasteiger charge is -2.15. The number of rotatable bonds is 7. The van der Waals surface area contributed by atoms with Crippen LogP contribution in [-0.2, 0) is 9.84 Å². The second-order valence-electron chi connectivity index (χ2n) is 5.90. The van der Waals surface area contributed by atoms with E-state index in [0.29, 0.717) is 6.07 Å². The van der Waals surface area contributed by atoms with Gasteiger partial charge in [-0.2, -0.15) is 13.2 Å². The molecular formula is C16H12F6N2O6S. The fraction of sp³-hybridized carbons (Fsp3) is 0.250. The SMILES string of the molecule is O=[N+]([O-])c1cc(S(=O)(=O)C(F)(F)F)ccc1NCC(O)c1ccc(OC(F)(F)F)cc1. The molecule has 2 N–H and O–H groups in total. The summed E-state index contributed by atoms with van der Waals surface area (Å²) in [6.07, 6.45) is -6.30. The maximum Gasteiger partial charge on any atom is 0.573 e. The molecule has 2 rings (SSSR count). The maximum absolute atomic E-state index is 12.6. The van der Waals surface area contributed by atoms with Crippen LogP contribution >= 0.6 is 0 Å². The first-order valence-electron chi connectivity index (χ1n) is 7.99. The van der Waals surface area contributed by atoms with Gasteiger partial charge in [-0.05, 0) is 29.8 Å². The molecule has 0 aliphatic rings. The van der Waals surface area contributed by atoms with Gasteiger partial charge in [-0.3, -0.25) is 10.1 Å². The lowest BCUT2D eigenvalue weighted by molar-refractivity contribution is -0.384. The average molecular weight is 474 g/mol. The summed E-state index contributed by atoms with van der Waals surface area (Å²) in [5, 5.41) is 23.6. The van der Waals surface area contributed by atoms with Crippen LogP contribution in [0.4, 0.5) is 37.7 Å². The largest absolute Gasteiger partial charge is 0.573 e. The van der Waals surface area contributed by atoms with Crippen LogP contribution in [0.25, 0.3) is 0 Å². The van der Waals surface area contributed by atoms with Gasteiger partial charge in [0.1, 0.15) is 11.4 Å². The first kappa shape index (κ1) is 24.2. The quantitative estimate of drug-likeness (QED) is 0.355. The van der Waals surface area contributed by atoms with Crippen molar-refractivity contribution in [3.8, 4) is 5.75 Å². The van der Waals surface area contributed by atoms with E-state index in [2.05, 4.69) is 10.1 Å². The van der Waals surface area contributed by atoms with E-state index < -0.39 is 55.6 Å². The second-order valence-corrected chi connectivity index (χ2v) is 7.84. The molecule has 1 unspecified atom stereocenters. The monoisotopic (exact) mass is 474 g/mol. The Hall–Kier alpha value is -3.07. The molecule has 0 spiro atoms. The molecule has 31 heavy (non-hydrogen) atoms. The van der Waals surface area contributed by atoms with Gasteiger partial charge in [0, 0.05) is 12.6 Å². The van der Waals surface area contributed by atoms with Gasteiger partial charge in [0.05, 0.1) is 15.9 Å². The highest BCUT2D eigenvalue weighted by atomic mass is 32.2. The molecule has 0 heterocycles. The summed E-state index contributed by atoms with van der Waals surface area (Å²) in [5.41, 5.74) is -6.94. The number of benzene rings is 2. The van der Waals surface area contributed by atoms with Gasteiger partial charge < -0.3 is 15.2 Å². The summed E-state index contributed by atoms with van der Waals surface area (Å²) in [6.45, 7) is -0.439. The van der Waals surface area contributed by atoms with Crippen LogP contribution in [0.2, 0.25) is 0 Å². The molecule has 0 fully saturated rings. The summed E-state index contributed by atoms with van der Waals surface area (Å²) in [5.74, 6) is -0.548. The van der Waals surface area contributed by atoms with Crippen LogP contribution in [0.15, 0.2) is 47.4 Å². The summed E-state index contributed by atoms with van der Waals surface area (Å²) in [4.78, 5) is 8.69. The molecule has 0 aliphatic heterocycles. The van der Waals surface area contributed by atoms with Gasteiger partial charge in [-0.1, -0.05) is 12.1 Å². The number of nitrogens with zero attached hydrogens (tertiary/aromatic N) is 1. The van der Waals surface area contributed by atoms with E-state index in [-0.39, 0.29) is 17.3 Å². The van der Waals surface area contributed by atoms with E-state index in [9.17, 15) is 50.0 Å². The summed E-state index contributed by atoms with van der Waals surface area (Å²) < 4.78 is 101. The zero-order valence-corrected chi connectivity index (χ0v) is 15.8. The molecular weight excluding hydrogens is 462 g/mol. The highest BCUT2D eigenvalue weighted by molar-refractivity contribution is 7.92. The fourth-order valence-corrected chi connectivity index (χ4v) is 3.11. The van der Waals surface area contributed by atoms with Gasteiger partial charge in [-0.15, -0.1) is 13.2 Å². The average Bonchev–Trinajstić information content (AvgIpc) is 2.64. The smallest absolute Gasteiger partial charge is 0.406 e. The van der Waals surface area contributed by atoms with Crippen molar-refractivity contribution in [2.45, 2.75) is 22.9 Å². The van der Waals surface area contributed by atoms with Crippen LogP contribution in [-0.4, -0.2) is 36.9 Å². The van der Waals surface area contributed by atoms with E-state index in [1.165, 1.54) is 0 Å². The number of anilines is 1. The molecule has 0 saturated heterocycles. The van der Waals surface area contributed by atoms with Gasteiger partial charge >= 0.3 is 11.9 Å². The highest BCUT2D eigenvalue weighted by Gasteiger charge is 2.47. The fourth-order valence-electron chi connectivity index (χ4n) is 2.33. The van der Waals surface area contributed by atoms with Crippen LogP contribution in [0.5, 0.6) is 5.75 Å². The standard InChI is InChI=1S/C16H12F6N2O6S/c17-15(18,19)30-10-3-1-9(2-4-10)14(25)8-23-12-6-5-11(7-13(12)24(26)27)31(28,29)16(20,21)22/h1-7,14,23,25H,8H2. The first-order chi connectivity index (χ1) is 14.1. The number of alkyl halides is 6. The molecule has 0 bridgehead atoms. The number of hydrogen-bond acceptors (Lipinski definition) is 7. The van der Waals surface area contributed by atoms with Crippen LogP contribution in [0.1, 0.15) is 11.7 Å². The zero-order chi connectivity index (χ0) is 23.6. The van der Waals surface area contributed by atoms with E-state index in [0.717, 1.165) is 30.3 Å². The number of nitro groups is 1. The normalized spacial score (nSPS) is 13.5. The van der Waals surface area contributed by atoms with Crippen molar-refractivity contribution in [3.05, 3.63) is 58.1 Å². The number of nitro benzene ring substituents is 1. The molecule has 0 radical (unpaired) electrons. The lowest BCUT2D eigenvalue weighted by Crippen LogP contribution is -2.23. The minimum atomic E-state index is -5.81. The summed E-state index contributed by atoms with van der Waals surface area (Å²) >= 11 is 0. The number of halogens is 6. The Kier molecular flexibility index (Phi) is 6.70. The zero-order valence-electron chi connectivity index (χ0n) is 14.9. The van der Waals surface area contributed by atoms with Crippen molar-refractivity contribution >= 4 is 21.2 Å². The molecule has 15 heteroatoms. The number of nitrogens with one attached hydrogen (secondary N) is 1. The molecule has 8 nitrogen and oxygen atoms in total. The number of ether oxygens (including phenoxy) is 1. The number of aliphatic hydroxyl groups excluding tert-OH is 1. The molecule has 2 aromatic rings. The summed E-state index contributed by atoms with van der Waals surface area (Å²) in [7, 11) is -5.81. The van der Waals surface area contributed by atoms with Crippen LogP contribution in [0.3, 0.4) is 0 Å². The van der Waals surface area contributed by atoms with Crippen molar-refractivity contribution in [2.24, 2.45) is 0 Å².